The second kappa shape index (κ2) is 5.16. The molecule has 1 unspecified atom stereocenters. The highest BCUT2D eigenvalue weighted by molar-refractivity contribution is 7.11. The summed E-state index contributed by atoms with van der Waals surface area (Å²) in [6.07, 6.45) is 0. The molecule has 0 bridgehead atoms. The quantitative estimate of drug-likeness (QED) is 0.631. The number of hydrogen-bond donors (Lipinski definition) is 0. The zero-order valence-electron chi connectivity index (χ0n) is 9.73. The average Bonchev–Trinajstić information content (AvgIpc) is 2.64. The molecule has 96 valence electrons. The molecule has 0 nitrogen and oxygen atoms in total. The molecular formula is C13H10Cl2F2S. The fraction of sp³-hybridized carbons (Fsp3) is 0.231. The highest BCUT2D eigenvalue weighted by atomic mass is 35.5. The Labute approximate surface area is 118 Å². The number of rotatable bonds is 2. The normalized spacial score (nSPS) is 12.8. The third kappa shape index (κ3) is 2.40. The molecule has 1 heterocycles. The lowest BCUT2D eigenvalue weighted by atomic mass is 10.1. The Balaban J connectivity index is 2.49. The maximum atomic E-state index is 13.7. The SMILES string of the molecule is Cc1cc(C(Cl)c2scc(C)c2Cl)c(F)cc1F. The molecule has 5 heteroatoms. The molecule has 2 aromatic rings. The molecule has 2 rings (SSSR count). The topological polar surface area (TPSA) is 0 Å². The summed E-state index contributed by atoms with van der Waals surface area (Å²) in [7, 11) is 0. The van der Waals surface area contributed by atoms with Gasteiger partial charge in [0.15, 0.2) is 0 Å². The second-order valence-corrected chi connectivity index (χ2v) is 5.81. The summed E-state index contributed by atoms with van der Waals surface area (Å²) in [6.45, 7) is 3.43. The van der Waals surface area contributed by atoms with E-state index in [4.69, 9.17) is 23.2 Å². The van der Waals surface area contributed by atoms with E-state index in [1.807, 2.05) is 12.3 Å². The van der Waals surface area contributed by atoms with Crippen LogP contribution in [0, 0.1) is 25.5 Å². The van der Waals surface area contributed by atoms with Crippen LogP contribution in [-0.2, 0) is 0 Å². The monoisotopic (exact) mass is 306 g/mol. The molecule has 1 aromatic heterocycles. The molecule has 1 atom stereocenters. The Morgan fingerprint density at radius 3 is 2.33 bits per heavy atom. The summed E-state index contributed by atoms with van der Waals surface area (Å²) in [5.74, 6) is -1.23. The van der Waals surface area contributed by atoms with Gasteiger partial charge in [0.05, 0.1) is 10.4 Å². The number of hydrogen-bond acceptors (Lipinski definition) is 1. The van der Waals surface area contributed by atoms with Crippen LogP contribution in [0.5, 0.6) is 0 Å². The van der Waals surface area contributed by atoms with E-state index in [9.17, 15) is 8.78 Å². The summed E-state index contributed by atoms with van der Waals surface area (Å²) < 4.78 is 26.9. The van der Waals surface area contributed by atoms with Gasteiger partial charge in [0.25, 0.3) is 0 Å². The number of alkyl halides is 1. The molecule has 0 spiro atoms. The van der Waals surface area contributed by atoms with Gasteiger partial charge in [0.2, 0.25) is 0 Å². The predicted molar refractivity (Wildman–Crippen MR) is 72.9 cm³/mol. The minimum absolute atomic E-state index is 0.249. The average molecular weight is 307 g/mol. The van der Waals surface area contributed by atoms with E-state index < -0.39 is 17.0 Å². The first-order valence-corrected chi connectivity index (χ1v) is 6.94. The Morgan fingerprint density at radius 1 is 1.11 bits per heavy atom. The summed E-state index contributed by atoms with van der Waals surface area (Å²) >= 11 is 13.7. The van der Waals surface area contributed by atoms with Crippen molar-refractivity contribution in [3.63, 3.8) is 0 Å². The smallest absolute Gasteiger partial charge is 0.131 e. The van der Waals surface area contributed by atoms with E-state index in [0.29, 0.717) is 15.5 Å². The van der Waals surface area contributed by atoms with Crippen molar-refractivity contribution in [2.45, 2.75) is 19.2 Å². The van der Waals surface area contributed by atoms with E-state index >= 15 is 0 Å². The molecule has 0 fully saturated rings. The van der Waals surface area contributed by atoms with Gasteiger partial charge in [-0.3, -0.25) is 0 Å². The second-order valence-electron chi connectivity index (χ2n) is 4.08. The zero-order chi connectivity index (χ0) is 13.4. The fourth-order valence-corrected chi connectivity index (χ4v) is 3.42. The Morgan fingerprint density at radius 2 is 1.78 bits per heavy atom. The lowest BCUT2D eigenvalue weighted by Gasteiger charge is -2.11. The van der Waals surface area contributed by atoms with Crippen LogP contribution in [0.25, 0.3) is 0 Å². The number of thiophene rings is 1. The van der Waals surface area contributed by atoms with Gasteiger partial charge in [0, 0.05) is 16.5 Å². The molecule has 0 amide bonds. The van der Waals surface area contributed by atoms with Crippen LogP contribution in [0.4, 0.5) is 8.78 Å². The first kappa shape index (κ1) is 13.8. The van der Waals surface area contributed by atoms with Gasteiger partial charge in [-0.1, -0.05) is 11.6 Å². The van der Waals surface area contributed by atoms with Gasteiger partial charge >= 0.3 is 0 Å². The van der Waals surface area contributed by atoms with Crippen LogP contribution in [0.3, 0.4) is 0 Å². The minimum Gasteiger partial charge on any atom is -0.207 e. The van der Waals surface area contributed by atoms with Gasteiger partial charge in [0.1, 0.15) is 11.6 Å². The standard InChI is InChI=1S/C13H10Cl2F2S/c1-6-3-8(10(17)4-9(6)16)12(15)13-11(14)7(2)5-18-13/h3-5,12H,1-2H3. The van der Waals surface area contributed by atoms with E-state index in [1.54, 1.807) is 6.92 Å². The van der Waals surface area contributed by atoms with Crippen molar-refractivity contribution >= 4 is 34.5 Å². The first-order valence-electron chi connectivity index (χ1n) is 5.25. The predicted octanol–water partition coefficient (Wildman–Crippen LogP) is 5.62. The largest absolute Gasteiger partial charge is 0.207 e. The van der Waals surface area contributed by atoms with Crippen molar-refractivity contribution < 1.29 is 8.78 Å². The maximum Gasteiger partial charge on any atom is 0.131 e. The van der Waals surface area contributed by atoms with Gasteiger partial charge in [-0.25, -0.2) is 8.78 Å². The molecule has 0 aliphatic carbocycles. The summed E-state index contributed by atoms with van der Waals surface area (Å²) in [4.78, 5) is 0.681. The Hall–Kier alpha value is -0.640. The lowest BCUT2D eigenvalue weighted by molar-refractivity contribution is 0.568. The highest BCUT2D eigenvalue weighted by Gasteiger charge is 2.21. The van der Waals surface area contributed by atoms with E-state index in [0.717, 1.165) is 11.6 Å². The number of aryl methyl sites for hydroxylation is 2. The zero-order valence-corrected chi connectivity index (χ0v) is 12.1. The number of halogens is 4. The summed E-state index contributed by atoms with van der Waals surface area (Å²) in [6, 6.07) is 2.28. The van der Waals surface area contributed by atoms with Crippen LogP contribution >= 0.6 is 34.5 Å². The third-order valence-corrected chi connectivity index (χ3v) is 5.07. The molecular weight excluding hydrogens is 297 g/mol. The van der Waals surface area contributed by atoms with Crippen molar-refractivity contribution in [3.05, 3.63) is 55.7 Å². The van der Waals surface area contributed by atoms with Crippen molar-refractivity contribution in [1.29, 1.82) is 0 Å². The molecule has 18 heavy (non-hydrogen) atoms. The maximum absolute atomic E-state index is 13.7. The van der Waals surface area contributed by atoms with Gasteiger partial charge in [-0.15, -0.1) is 22.9 Å². The van der Waals surface area contributed by atoms with Crippen LogP contribution in [0.15, 0.2) is 17.5 Å². The summed E-state index contributed by atoms with van der Waals surface area (Å²) in [5, 5.41) is 1.71. The van der Waals surface area contributed by atoms with Crippen LogP contribution < -0.4 is 0 Å². The third-order valence-electron chi connectivity index (χ3n) is 2.71. The van der Waals surface area contributed by atoms with E-state index in [2.05, 4.69) is 0 Å². The van der Waals surface area contributed by atoms with Crippen molar-refractivity contribution in [2.24, 2.45) is 0 Å². The Bertz CT molecular complexity index is 593. The number of benzene rings is 1. The van der Waals surface area contributed by atoms with Crippen molar-refractivity contribution in [2.75, 3.05) is 0 Å². The van der Waals surface area contributed by atoms with E-state index in [1.165, 1.54) is 17.4 Å². The van der Waals surface area contributed by atoms with Crippen molar-refractivity contribution in [1.82, 2.24) is 0 Å². The molecule has 0 aliphatic heterocycles. The fourth-order valence-electron chi connectivity index (χ4n) is 1.64. The van der Waals surface area contributed by atoms with Gasteiger partial charge in [-0.2, -0.15) is 0 Å². The minimum atomic E-state index is -0.699. The van der Waals surface area contributed by atoms with Crippen molar-refractivity contribution in [3.8, 4) is 0 Å². The van der Waals surface area contributed by atoms with Gasteiger partial charge < -0.3 is 0 Å². The van der Waals surface area contributed by atoms with Crippen LogP contribution in [0.1, 0.15) is 26.9 Å². The Kier molecular flexibility index (Phi) is 3.95. The molecule has 0 radical (unpaired) electrons. The molecule has 0 saturated heterocycles. The molecule has 0 N–H and O–H groups in total. The van der Waals surface area contributed by atoms with Crippen LogP contribution in [0.2, 0.25) is 5.02 Å². The molecule has 0 saturated carbocycles. The molecule has 0 aliphatic rings. The van der Waals surface area contributed by atoms with Gasteiger partial charge in [-0.05, 0) is 36.4 Å². The molecule has 1 aromatic carbocycles. The first-order chi connectivity index (χ1) is 8.41. The highest BCUT2D eigenvalue weighted by Crippen LogP contribution is 2.40. The lowest BCUT2D eigenvalue weighted by Crippen LogP contribution is -1.98. The van der Waals surface area contributed by atoms with E-state index in [-0.39, 0.29) is 5.56 Å². The summed E-state index contributed by atoms with van der Waals surface area (Å²) in [5.41, 5.74) is 1.52. The van der Waals surface area contributed by atoms with Crippen LogP contribution in [-0.4, -0.2) is 0 Å².